The molecule has 532 valence electrons. The second-order valence-electron chi connectivity index (χ2n) is 20.3. The number of aromatic nitrogens is 8. The maximum atomic E-state index is 13.8. The van der Waals surface area contributed by atoms with Crippen LogP contribution in [-0.4, -0.2) is 300 Å². The minimum atomic E-state index is -0.556. The highest BCUT2D eigenvalue weighted by atomic mass is 16.6. The molecule has 3 amide bonds. The summed E-state index contributed by atoms with van der Waals surface area (Å²) in [6.07, 6.45) is 2.84. The molecule has 4 heterocycles. The van der Waals surface area contributed by atoms with Crippen LogP contribution in [0.4, 0.5) is 11.9 Å². The Bertz CT molecular complexity index is 2990. The lowest BCUT2D eigenvalue weighted by Crippen LogP contribution is -2.39. The SMILES string of the molecule is COCCOCCOCCOCCOCCOCCOCCOCCOCCOCCOCCOCCOCCOCCOCCOCCOCC(=O)N(CCn1cnc2nc(NC(=O)c3ccccc3)[nH]c(=O)c21)CCn1cnc2nc(NC(=O)c3ccccc3)[nH]c(=O)c21. The van der Waals surface area contributed by atoms with Gasteiger partial charge in [-0.05, 0) is 24.3 Å². The Morgan fingerprint density at radius 2 is 0.646 bits per heavy atom. The van der Waals surface area contributed by atoms with Crippen molar-refractivity contribution in [3.8, 4) is 0 Å². The van der Waals surface area contributed by atoms with Gasteiger partial charge in [-0.1, -0.05) is 36.4 Å². The molecule has 0 spiro atoms. The number of ether oxygens (including phenoxy) is 17. The van der Waals surface area contributed by atoms with Gasteiger partial charge >= 0.3 is 0 Å². The van der Waals surface area contributed by atoms with E-state index in [0.29, 0.717) is 209 Å². The van der Waals surface area contributed by atoms with Crippen LogP contribution in [0.15, 0.2) is 82.9 Å². The minimum absolute atomic E-state index is 0.0779. The van der Waals surface area contributed by atoms with E-state index in [2.05, 4.69) is 40.5 Å². The number of anilines is 2. The number of amides is 3. The first-order chi connectivity index (χ1) is 47.3. The van der Waals surface area contributed by atoms with Crippen molar-refractivity contribution in [3.63, 3.8) is 0 Å². The van der Waals surface area contributed by atoms with E-state index in [1.54, 1.807) is 76.9 Å². The summed E-state index contributed by atoms with van der Waals surface area (Å²) in [5, 5.41) is 5.18. The first-order valence-corrected chi connectivity index (χ1v) is 31.9. The predicted octanol–water partition coefficient (Wildman–Crippen LogP) is 1.50. The summed E-state index contributed by atoms with van der Waals surface area (Å²) in [7, 11) is 1.64. The van der Waals surface area contributed by atoms with Gasteiger partial charge in [-0.2, -0.15) is 9.97 Å². The number of fused-ring (bicyclic) bond motifs is 2. The molecule has 0 aliphatic carbocycles. The Morgan fingerprint density at radius 1 is 0.385 bits per heavy atom. The van der Waals surface area contributed by atoms with Crippen molar-refractivity contribution >= 4 is 51.9 Å². The Labute approximate surface area is 556 Å². The number of rotatable bonds is 60. The Kier molecular flexibility index (Phi) is 40.8. The molecule has 6 aromatic rings. The molecular weight excluding hydrogens is 1260 g/mol. The van der Waals surface area contributed by atoms with Gasteiger partial charge in [0.15, 0.2) is 22.3 Å². The molecule has 0 radical (unpaired) electrons. The fourth-order valence-corrected chi connectivity index (χ4v) is 8.48. The molecule has 0 aliphatic heterocycles. The normalized spacial score (nSPS) is 11.6. The number of hydrogen-bond acceptors (Lipinski definition) is 26. The first kappa shape index (κ1) is 77.9. The van der Waals surface area contributed by atoms with Crippen LogP contribution in [0.2, 0.25) is 0 Å². The molecule has 0 bridgehead atoms. The van der Waals surface area contributed by atoms with Gasteiger partial charge < -0.3 is 94.6 Å². The number of hydrogen-bond donors (Lipinski definition) is 4. The highest BCUT2D eigenvalue weighted by Crippen LogP contribution is 2.13. The number of imidazole rings is 2. The van der Waals surface area contributed by atoms with Crippen molar-refractivity contribution in [2.75, 3.05) is 249 Å². The van der Waals surface area contributed by atoms with Gasteiger partial charge in [0, 0.05) is 44.4 Å². The van der Waals surface area contributed by atoms with Crippen LogP contribution >= 0.6 is 0 Å². The summed E-state index contributed by atoms with van der Waals surface area (Å²) >= 11 is 0. The van der Waals surface area contributed by atoms with Gasteiger partial charge in [0.2, 0.25) is 17.8 Å². The highest BCUT2D eigenvalue weighted by molar-refractivity contribution is 6.04. The number of H-pyrrole nitrogens is 2. The summed E-state index contributed by atoms with van der Waals surface area (Å²) in [6, 6.07) is 16.9. The molecule has 0 saturated heterocycles. The molecule has 6 rings (SSSR count). The molecule has 4 N–H and O–H groups in total. The third-order valence-corrected chi connectivity index (χ3v) is 13.3. The maximum Gasteiger partial charge on any atom is 0.278 e. The molecule has 0 fully saturated rings. The van der Waals surface area contributed by atoms with Crippen molar-refractivity contribution < 1.29 is 94.9 Å². The number of carbonyl (C=O) groups excluding carboxylic acids is 3. The van der Waals surface area contributed by atoms with E-state index in [9.17, 15) is 24.0 Å². The van der Waals surface area contributed by atoms with Gasteiger partial charge in [-0.15, -0.1) is 0 Å². The average Bonchev–Trinajstić information content (AvgIpc) is 1.63. The highest BCUT2D eigenvalue weighted by Gasteiger charge is 2.20. The van der Waals surface area contributed by atoms with Gasteiger partial charge in [0.05, 0.1) is 224 Å². The van der Waals surface area contributed by atoms with Crippen LogP contribution in [0.5, 0.6) is 0 Å². The topological polar surface area (TPSA) is 363 Å². The summed E-state index contributed by atoms with van der Waals surface area (Å²) in [5.41, 5.74) is 0.0658. The van der Waals surface area contributed by atoms with E-state index in [-0.39, 0.29) is 86.1 Å². The van der Waals surface area contributed by atoms with Crippen molar-refractivity contribution in [2.24, 2.45) is 0 Å². The van der Waals surface area contributed by atoms with Crippen molar-refractivity contribution in [1.82, 2.24) is 43.9 Å². The van der Waals surface area contributed by atoms with Crippen molar-refractivity contribution in [2.45, 2.75) is 13.1 Å². The monoisotopic (exact) mass is 1360 g/mol. The Morgan fingerprint density at radius 3 is 0.917 bits per heavy atom. The smallest absolute Gasteiger partial charge is 0.278 e. The van der Waals surface area contributed by atoms with Crippen LogP contribution in [0.3, 0.4) is 0 Å². The molecule has 0 atom stereocenters. The van der Waals surface area contributed by atoms with Crippen molar-refractivity contribution in [1.29, 1.82) is 0 Å². The molecular formula is C63H93N11O22. The molecule has 0 saturated carbocycles. The van der Waals surface area contributed by atoms with Gasteiger partial charge in [-0.3, -0.25) is 44.6 Å². The van der Waals surface area contributed by atoms with Crippen LogP contribution < -0.4 is 21.8 Å². The second kappa shape index (κ2) is 50.3. The van der Waals surface area contributed by atoms with Gasteiger partial charge in [0.25, 0.3) is 22.9 Å². The van der Waals surface area contributed by atoms with Gasteiger partial charge in [0.1, 0.15) is 6.61 Å². The molecule has 0 aliphatic rings. The lowest BCUT2D eigenvalue weighted by Gasteiger charge is -2.23. The predicted molar refractivity (Wildman–Crippen MR) is 347 cm³/mol. The Balaban J connectivity index is 0.709. The van der Waals surface area contributed by atoms with E-state index in [1.165, 1.54) is 17.6 Å². The summed E-state index contributed by atoms with van der Waals surface area (Å²) < 4.78 is 96.4. The number of nitrogens with zero attached hydrogens (tertiary/aromatic N) is 7. The van der Waals surface area contributed by atoms with Crippen LogP contribution in [0.1, 0.15) is 20.7 Å². The van der Waals surface area contributed by atoms with Crippen LogP contribution in [-0.2, 0) is 98.4 Å². The molecule has 2 aromatic carbocycles. The fourth-order valence-electron chi connectivity index (χ4n) is 8.48. The Hall–Kier alpha value is -7.13. The molecule has 33 heteroatoms. The van der Waals surface area contributed by atoms with E-state index < -0.39 is 22.9 Å². The number of nitrogens with one attached hydrogen (secondary N) is 4. The molecule has 96 heavy (non-hydrogen) atoms. The largest absolute Gasteiger partial charge is 0.382 e. The van der Waals surface area contributed by atoms with E-state index in [0.717, 1.165) is 0 Å². The maximum absolute atomic E-state index is 13.8. The number of methoxy groups -OCH3 is 1. The zero-order valence-electron chi connectivity index (χ0n) is 54.7. The third kappa shape index (κ3) is 32.7. The van der Waals surface area contributed by atoms with E-state index >= 15 is 0 Å². The summed E-state index contributed by atoms with van der Waals surface area (Å²) in [6.45, 7) is 14.2. The zero-order valence-corrected chi connectivity index (χ0v) is 54.7. The van der Waals surface area contributed by atoms with Crippen LogP contribution in [0, 0.1) is 0 Å². The third-order valence-electron chi connectivity index (χ3n) is 13.3. The first-order valence-electron chi connectivity index (χ1n) is 31.9. The van der Waals surface area contributed by atoms with Gasteiger partial charge in [-0.25, -0.2) is 9.97 Å². The zero-order chi connectivity index (χ0) is 67.6. The lowest BCUT2D eigenvalue weighted by atomic mass is 10.2. The molecule has 4 aromatic heterocycles. The fraction of sp³-hybridized carbons (Fsp3) is 0.603. The number of aromatic amines is 2. The van der Waals surface area contributed by atoms with Crippen molar-refractivity contribution in [3.05, 3.63) is 105 Å². The summed E-state index contributed by atoms with van der Waals surface area (Å²) in [4.78, 5) is 89.9. The number of carbonyl (C=O) groups is 3. The van der Waals surface area contributed by atoms with Crippen LogP contribution in [0.25, 0.3) is 22.3 Å². The molecule has 33 nitrogen and oxygen atoms in total. The van der Waals surface area contributed by atoms with E-state index in [1.807, 2.05) is 0 Å². The van der Waals surface area contributed by atoms with E-state index in [4.69, 9.17) is 80.5 Å². The lowest BCUT2D eigenvalue weighted by molar-refractivity contribution is -0.137. The standard InChI is InChI=1S/C63H93N11O22/c1-80-16-17-81-18-19-82-20-21-83-22-23-84-24-25-85-26-27-86-28-29-87-30-31-88-32-33-89-34-35-90-36-37-91-38-39-92-40-41-93-42-43-94-44-45-95-46-47-96-48-53(75)72(12-14-73-49-64-56-54(73)60(78)70-62(66-56)68-58(76)51-8-4-2-5-9-51)13-15-74-50-65-57-55(74)61(79)71-63(67-57)69-59(77)52-10-6-3-7-11-52/h2-11,49-50H,12-48H2,1H3,(H2,66,68,70,76,78)(H2,67,69,71,77,79). The summed E-state index contributed by atoms with van der Waals surface area (Å²) in [5.74, 6) is -1.47. The second-order valence-corrected chi connectivity index (χ2v) is 20.3. The average molecular weight is 1360 g/mol. The minimum Gasteiger partial charge on any atom is -0.382 e. The molecule has 0 unspecified atom stereocenters. The quantitative estimate of drug-likeness (QED) is 0.0393. The number of benzene rings is 2.